The Balaban J connectivity index is 0.0000001000. The van der Waals surface area contributed by atoms with Crippen LogP contribution in [0.25, 0.3) is 0 Å². The van der Waals surface area contributed by atoms with Crippen LogP contribution < -0.4 is 0 Å². The molecule has 0 atom stereocenters. The van der Waals surface area contributed by atoms with Crippen molar-refractivity contribution in [2.24, 2.45) is 11.8 Å². The third-order valence-electron chi connectivity index (χ3n) is 2.71. The second kappa shape index (κ2) is 4.00. The van der Waals surface area contributed by atoms with E-state index >= 15 is 0 Å². The van der Waals surface area contributed by atoms with E-state index in [4.69, 9.17) is 0 Å². The van der Waals surface area contributed by atoms with Gasteiger partial charge in [-0.3, -0.25) is 0 Å². The summed E-state index contributed by atoms with van der Waals surface area (Å²) < 4.78 is 0. The molecule has 3 aliphatic rings. The van der Waals surface area contributed by atoms with Crippen LogP contribution in [0.4, 0.5) is 0 Å². The van der Waals surface area contributed by atoms with Gasteiger partial charge in [-0.25, -0.2) is 0 Å². The maximum Gasteiger partial charge on any atom is -0.0406 e. The van der Waals surface area contributed by atoms with Crippen molar-refractivity contribution in [3.05, 3.63) is 0 Å². The van der Waals surface area contributed by atoms with Crippen molar-refractivity contribution in [2.75, 3.05) is 0 Å². The van der Waals surface area contributed by atoms with Crippen LogP contribution in [0, 0.1) is 11.8 Å². The normalized spacial score (nSPS) is 33.0. The molecule has 0 nitrogen and oxygen atoms in total. The average molecular weight is 140 g/mol. The minimum atomic E-state index is 1.21. The number of unbranched alkanes of at least 4 members (excludes halogenated alkanes) is 2. The Kier molecular flexibility index (Phi) is 3.24. The lowest BCUT2D eigenvalue weighted by Gasteiger charge is -2.49. The van der Waals surface area contributed by atoms with E-state index in [-0.39, 0.29) is 0 Å². The molecule has 3 rings (SSSR count). The average Bonchev–Trinajstić information content (AvgIpc) is 1.58. The minimum absolute atomic E-state index is 1.21. The second-order valence-electron chi connectivity index (χ2n) is 3.79. The standard InChI is InChI=1S/C5H8.C5H12/c1-4-2-5(1)3-4;1-3-5-4-2/h4-5H,1-3H2;3-5H2,1-2H3. The van der Waals surface area contributed by atoms with E-state index in [9.17, 15) is 0 Å². The number of hydrogen-bond acceptors (Lipinski definition) is 0. The molecule has 0 amide bonds. The van der Waals surface area contributed by atoms with E-state index in [1.54, 1.807) is 19.3 Å². The third kappa shape index (κ3) is 2.00. The Morgan fingerprint density at radius 2 is 1.20 bits per heavy atom. The van der Waals surface area contributed by atoms with Gasteiger partial charge in [0.25, 0.3) is 0 Å². The van der Waals surface area contributed by atoms with Gasteiger partial charge in [-0.1, -0.05) is 33.1 Å². The summed E-state index contributed by atoms with van der Waals surface area (Å²) in [5, 5.41) is 0. The van der Waals surface area contributed by atoms with E-state index in [2.05, 4.69) is 13.8 Å². The molecule has 3 fully saturated rings. The van der Waals surface area contributed by atoms with Gasteiger partial charge in [-0.2, -0.15) is 0 Å². The Labute approximate surface area is 65.0 Å². The largest absolute Gasteiger partial charge is 0.0654 e. The van der Waals surface area contributed by atoms with Crippen LogP contribution in [-0.2, 0) is 0 Å². The first kappa shape index (κ1) is 8.10. The van der Waals surface area contributed by atoms with Crippen LogP contribution in [0.3, 0.4) is 0 Å². The molecule has 0 heteroatoms. The van der Waals surface area contributed by atoms with Crippen LogP contribution in [-0.4, -0.2) is 0 Å². The van der Waals surface area contributed by atoms with E-state index in [1.165, 1.54) is 31.1 Å². The van der Waals surface area contributed by atoms with Crippen LogP contribution in [0.1, 0.15) is 52.4 Å². The first-order chi connectivity index (χ1) is 4.86. The quantitative estimate of drug-likeness (QED) is 0.549. The van der Waals surface area contributed by atoms with Crippen LogP contribution in [0.15, 0.2) is 0 Å². The Bertz CT molecular complexity index is 63.8. The molecule has 0 saturated heterocycles. The first-order valence-electron chi connectivity index (χ1n) is 4.86. The summed E-state index contributed by atoms with van der Waals surface area (Å²) in [5.74, 6) is 2.42. The van der Waals surface area contributed by atoms with Gasteiger partial charge in [-0.05, 0) is 31.1 Å². The predicted molar refractivity (Wildman–Crippen MR) is 46.0 cm³/mol. The van der Waals surface area contributed by atoms with Crippen LogP contribution >= 0.6 is 0 Å². The van der Waals surface area contributed by atoms with Gasteiger partial charge in [0.1, 0.15) is 0 Å². The Morgan fingerprint density at radius 3 is 1.20 bits per heavy atom. The maximum atomic E-state index is 2.21. The molecular weight excluding hydrogens is 120 g/mol. The van der Waals surface area contributed by atoms with Gasteiger partial charge in [0.2, 0.25) is 0 Å². The third-order valence-corrected chi connectivity index (χ3v) is 2.71. The lowest BCUT2D eigenvalue weighted by Crippen LogP contribution is -2.38. The molecule has 10 heavy (non-hydrogen) atoms. The zero-order chi connectivity index (χ0) is 7.40. The molecule has 0 N–H and O–H groups in total. The van der Waals surface area contributed by atoms with Gasteiger partial charge < -0.3 is 0 Å². The first-order valence-corrected chi connectivity index (χ1v) is 4.86. The summed E-state index contributed by atoms with van der Waals surface area (Å²) in [7, 11) is 0. The highest BCUT2D eigenvalue weighted by Gasteiger charge is 2.41. The van der Waals surface area contributed by atoms with Crippen molar-refractivity contribution >= 4 is 0 Å². The molecule has 0 spiro atoms. The molecule has 0 aromatic rings. The van der Waals surface area contributed by atoms with E-state index in [1.807, 2.05) is 0 Å². The molecule has 2 bridgehead atoms. The van der Waals surface area contributed by atoms with Crippen molar-refractivity contribution in [1.29, 1.82) is 0 Å². The van der Waals surface area contributed by atoms with Crippen LogP contribution in [0.2, 0.25) is 0 Å². The van der Waals surface area contributed by atoms with Gasteiger partial charge in [0, 0.05) is 0 Å². The predicted octanol–water partition coefficient (Wildman–Crippen LogP) is 3.61. The Hall–Kier alpha value is 0. The monoisotopic (exact) mass is 140 g/mol. The van der Waals surface area contributed by atoms with Crippen LogP contribution in [0.5, 0.6) is 0 Å². The highest BCUT2D eigenvalue weighted by molar-refractivity contribution is 4.92. The molecule has 0 aromatic carbocycles. The highest BCUT2D eigenvalue weighted by atomic mass is 14.5. The fourth-order valence-electron chi connectivity index (χ4n) is 1.56. The lowest BCUT2D eigenvalue weighted by atomic mass is 9.56. The lowest BCUT2D eigenvalue weighted by molar-refractivity contribution is 0.0198. The molecule has 0 heterocycles. The summed E-state index contributed by atoms with van der Waals surface area (Å²) in [6.07, 6.45) is 8.83. The maximum absolute atomic E-state index is 2.21. The Morgan fingerprint density at radius 1 is 0.900 bits per heavy atom. The van der Waals surface area contributed by atoms with Crippen molar-refractivity contribution in [2.45, 2.75) is 52.4 Å². The molecular formula is C10H20. The van der Waals surface area contributed by atoms with Gasteiger partial charge in [0.05, 0.1) is 0 Å². The molecule has 3 saturated carbocycles. The molecule has 0 aliphatic heterocycles. The van der Waals surface area contributed by atoms with Gasteiger partial charge >= 0.3 is 0 Å². The van der Waals surface area contributed by atoms with E-state index in [0.29, 0.717) is 0 Å². The van der Waals surface area contributed by atoms with Crippen molar-refractivity contribution < 1.29 is 0 Å². The summed E-state index contributed by atoms with van der Waals surface area (Å²) in [5.41, 5.74) is 0. The number of rotatable bonds is 2. The fraction of sp³-hybridized carbons (Fsp3) is 1.00. The van der Waals surface area contributed by atoms with Crippen molar-refractivity contribution in [1.82, 2.24) is 0 Å². The fourth-order valence-corrected chi connectivity index (χ4v) is 1.56. The molecule has 0 unspecified atom stereocenters. The molecule has 60 valence electrons. The summed E-state index contributed by atoms with van der Waals surface area (Å²) in [4.78, 5) is 0. The zero-order valence-corrected chi connectivity index (χ0v) is 7.40. The minimum Gasteiger partial charge on any atom is -0.0654 e. The van der Waals surface area contributed by atoms with Gasteiger partial charge in [-0.15, -0.1) is 0 Å². The SMILES string of the molecule is C1C2CC1C2.CCCCC. The molecule has 0 radical (unpaired) electrons. The van der Waals surface area contributed by atoms with Crippen molar-refractivity contribution in [3.8, 4) is 0 Å². The highest BCUT2D eigenvalue weighted by Crippen LogP contribution is 2.52. The van der Waals surface area contributed by atoms with E-state index in [0.717, 1.165) is 0 Å². The summed E-state index contributed by atoms with van der Waals surface area (Å²) in [6.45, 7) is 4.42. The summed E-state index contributed by atoms with van der Waals surface area (Å²) in [6, 6.07) is 0. The molecule has 0 aromatic heterocycles. The van der Waals surface area contributed by atoms with E-state index < -0.39 is 0 Å². The topological polar surface area (TPSA) is 0 Å². The van der Waals surface area contributed by atoms with Crippen molar-refractivity contribution in [3.63, 3.8) is 0 Å². The number of hydrogen-bond donors (Lipinski definition) is 0. The molecule has 3 aliphatic carbocycles. The summed E-state index contributed by atoms with van der Waals surface area (Å²) >= 11 is 0. The van der Waals surface area contributed by atoms with Gasteiger partial charge in [0.15, 0.2) is 0 Å². The second-order valence-corrected chi connectivity index (χ2v) is 3.79. The smallest absolute Gasteiger partial charge is 0.0406 e. The zero-order valence-electron chi connectivity index (χ0n) is 7.40.